The molecule has 2 nitrogen and oxygen atoms in total. The monoisotopic (exact) mass is 296 g/mol. The van der Waals surface area contributed by atoms with E-state index in [4.69, 9.17) is 16.3 Å². The van der Waals surface area contributed by atoms with Crippen LogP contribution in [0.2, 0.25) is 5.02 Å². The first-order chi connectivity index (χ1) is 9.51. The van der Waals surface area contributed by atoms with Gasteiger partial charge in [0.25, 0.3) is 0 Å². The molecule has 0 aliphatic rings. The van der Waals surface area contributed by atoms with E-state index in [1.807, 2.05) is 0 Å². The highest BCUT2D eigenvalue weighted by Gasteiger charge is 2.13. The fraction of sp³-hybridized carbons (Fsp3) is 0.133. The van der Waals surface area contributed by atoms with Crippen molar-refractivity contribution in [3.63, 3.8) is 0 Å². The van der Waals surface area contributed by atoms with Crippen LogP contribution in [0.4, 0.5) is 8.78 Å². The van der Waals surface area contributed by atoms with Gasteiger partial charge < -0.3 is 4.74 Å². The highest BCUT2D eigenvalue weighted by atomic mass is 35.5. The summed E-state index contributed by atoms with van der Waals surface area (Å²) < 4.78 is 31.8. The quantitative estimate of drug-likeness (QED) is 0.796. The number of halogens is 3. The molecule has 104 valence electrons. The highest BCUT2D eigenvalue weighted by Crippen LogP contribution is 2.20. The molecule has 0 aromatic heterocycles. The Kier molecular flexibility index (Phi) is 4.35. The lowest BCUT2D eigenvalue weighted by atomic mass is 10.0. The molecule has 5 heteroatoms. The zero-order chi connectivity index (χ0) is 14.7. The summed E-state index contributed by atoms with van der Waals surface area (Å²) in [5.41, 5.74) is 0.335. The minimum absolute atomic E-state index is 0.0514. The van der Waals surface area contributed by atoms with E-state index < -0.39 is 17.4 Å². The summed E-state index contributed by atoms with van der Waals surface area (Å²) in [5, 5.41) is 0.343. The fourth-order valence-electron chi connectivity index (χ4n) is 1.79. The predicted octanol–water partition coefficient (Wildman–Crippen LogP) is 4.05. The van der Waals surface area contributed by atoms with Crippen LogP contribution in [0.3, 0.4) is 0 Å². The molecule has 0 fully saturated rings. The molecule has 0 bridgehead atoms. The molecule has 0 aliphatic carbocycles. The third-order valence-corrected chi connectivity index (χ3v) is 3.07. The van der Waals surface area contributed by atoms with Crippen LogP contribution in [0.5, 0.6) is 5.75 Å². The molecule has 2 aromatic rings. The zero-order valence-electron chi connectivity index (χ0n) is 10.6. The lowest BCUT2D eigenvalue weighted by Gasteiger charge is -2.06. The first-order valence-electron chi connectivity index (χ1n) is 5.82. The predicted molar refractivity (Wildman–Crippen MR) is 72.4 cm³/mol. The maximum absolute atomic E-state index is 13.5. The van der Waals surface area contributed by atoms with Crippen molar-refractivity contribution in [2.45, 2.75) is 6.42 Å². The third kappa shape index (κ3) is 3.14. The van der Waals surface area contributed by atoms with Gasteiger partial charge in [0.05, 0.1) is 7.11 Å². The number of ether oxygens (including phenoxy) is 1. The van der Waals surface area contributed by atoms with Crippen LogP contribution in [0.25, 0.3) is 0 Å². The lowest BCUT2D eigenvalue weighted by molar-refractivity contribution is 0.0991. The summed E-state index contributed by atoms with van der Waals surface area (Å²) in [6.07, 6.45) is -0.182. The van der Waals surface area contributed by atoms with Gasteiger partial charge in [-0.05, 0) is 42.0 Å². The lowest BCUT2D eigenvalue weighted by Crippen LogP contribution is -2.06. The number of rotatable bonds is 4. The van der Waals surface area contributed by atoms with Crippen molar-refractivity contribution in [2.24, 2.45) is 0 Å². The summed E-state index contributed by atoms with van der Waals surface area (Å²) in [7, 11) is 1.33. The standard InChI is InChI=1S/C15H11ClF2O2/c1-20-15-5-2-9(7-13(15)18)14(19)8-10-6-11(16)3-4-12(10)17/h2-7H,8H2,1H3. The van der Waals surface area contributed by atoms with Gasteiger partial charge in [0.15, 0.2) is 17.3 Å². The second-order valence-electron chi connectivity index (χ2n) is 4.19. The van der Waals surface area contributed by atoms with E-state index in [1.165, 1.54) is 37.4 Å². The third-order valence-electron chi connectivity index (χ3n) is 2.83. The van der Waals surface area contributed by atoms with E-state index in [9.17, 15) is 13.6 Å². The van der Waals surface area contributed by atoms with Crippen LogP contribution in [-0.4, -0.2) is 12.9 Å². The number of benzene rings is 2. The molecule has 0 aliphatic heterocycles. The minimum Gasteiger partial charge on any atom is -0.494 e. The van der Waals surface area contributed by atoms with Crippen molar-refractivity contribution in [3.8, 4) is 5.75 Å². The number of carbonyl (C=O) groups is 1. The van der Waals surface area contributed by atoms with Gasteiger partial charge >= 0.3 is 0 Å². The van der Waals surface area contributed by atoms with Gasteiger partial charge in [-0.2, -0.15) is 0 Å². The molecular weight excluding hydrogens is 286 g/mol. The molecular formula is C15H11ClF2O2. The average molecular weight is 297 g/mol. The first kappa shape index (κ1) is 14.5. The van der Waals surface area contributed by atoms with Crippen LogP contribution >= 0.6 is 11.6 Å². The number of hydrogen-bond donors (Lipinski definition) is 0. The number of hydrogen-bond acceptors (Lipinski definition) is 2. The van der Waals surface area contributed by atoms with Gasteiger partial charge in [-0.15, -0.1) is 0 Å². The highest BCUT2D eigenvalue weighted by molar-refractivity contribution is 6.30. The Hall–Kier alpha value is -1.94. The van der Waals surface area contributed by atoms with Gasteiger partial charge in [-0.1, -0.05) is 11.6 Å². The van der Waals surface area contributed by atoms with Crippen molar-refractivity contribution in [3.05, 3.63) is 64.2 Å². The van der Waals surface area contributed by atoms with E-state index in [-0.39, 0.29) is 23.3 Å². The first-order valence-corrected chi connectivity index (χ1v) is 6.19. The molecule has 0 amide bonds. The van der Waals surface area contributed by atoms with Crippen molar-refractivity contribution < 1.29 is 18.3 Å². The zero-order valence-corrected chi connectivity index (χ0v) is 11.4. The van der Waals surface area contributed by atoms with Gasteiger partial charge in [-0.25, -0.2) is 8.78 Å². The Labute approximate surface area is 119 Å². The summed E-state index contributed by atoms with van der Waals surface area (Å²) in [6.45, 7) is 0. The molecule has 0 radical (unpaired) electrons. The molecule has 0 unspecified atom stereocenters. The summed E-state index contributed by atoms with van der Waals surface area (Å²) in [6, 6.07) is 7.85. The van der Waals surface area contributed by atoms with Crippen LogP contribution < -0.4 is 4.74 Å². The Bertz CT molecular complexity index is 656. The normalized spacial score (nSPS) is 10.4. The molecule has 0 saturated carbocycles. The van der Waals surface area contributed by atoms with E-state index in [1.54, 1.807) is 0 Å². The summed E-state index contributed by atoms with van der Waals surface area (Å²) >= 11 is 5.76. The second-order valence-corrected chi connectivity index (χ2v) is 4.62. The Morgan fingerprint density at radius 3 is 2.55 bits per heavy atom. The Balaban J connectivity index is 2.24. The van der Waals surface area contributed by atoms with Gasteiger partial charge in [0, 0.05) is 17.0 Å². The molecule has 20 heavy (non-hydrogen) atoms. The van der Waals surface area contributed by atoms with E-state index in [0.29, 0.717) is 5.02 Å². The van der Waals surface area contributed by atoms with Crippen LogP contribution in [-0.2, 0) is 6.42 Å². The van der Waals surface area contributed by atoms with Gasteiger partial charge in [0.1, 0.15) is 5.82 Å². The molecule has 2 rings (SSSR count). The topological polar surface area (TPSA) is 26.3 Å². The average Bonchev–Trinajstić information content (AvgIpc) is 2.42. The van der Waals surface area contributed by atoms with Crippen LogP contribution in [0.1, 0.15) is 15.9 Å². The molecule has 0 atom stereocenters. The van der Waals surface area contributed by atoms with Crippen molar-refractivity contribution >= 4 is 17.4 Å². The van der Waals surface area contributed by atoms with Crippen molar-refractivity contribution in [1.82, 2.24) is 0 Å². The Morgan fingerprint density at radius 1 is 1.15 bits per heavy atom. The number of ketones is 1. The van der Waals surface area contributed by atoms with E-state index >= 15 is 0 Å². The largest absolute Gasteiger partial charge is 0.494 e. The minimum atomic E-state index is -0.634. The van der Waals surface area contributed by atoms with Crippen molar-refractivity contribution in [2.75, 3.05) is 7.11 Å². The number of Topliss-reactive ketones (excluding diaryl/α,β-unsaturated/α-hetero) is 1. The maximum Gasteiger partial charge on any atom is 0.167 e. The summed E-state index contributed by atoms with van der Waals surface area (Å²) in [5.74, 6) is -1.50. The number of methoxy groups -OCH3 is 1. The molecule has 2 aromatic carbocycles. The molecule has 0 spiro atoms. The van der Waals surface area contributed by atoms with Crippen LogP contribution in [0.15, 0.2) is 36.4 Å². The van der Waals surface area contributed by atoms with E-state index in [2.05, 4.69) is 0 Å². The molecule has 0 N–H and O–H groups in total. The fourth-order valence-corrected chi connectivity index (χ4v) is 1.99. The van der Waals surface area contributed by atoms with Gasteiger partial charge in [-0.3, -0.25) is 4.79 Å². The smallest absolute Gasteiger partial charge is 0.167 e. The molecule has 0 heterocycles. The van der Waals surface area contributed by atoms with Crippen molar-refractivity contribution in [1.29, 1.82) is 0 Å². The summed E-state index contributed by atoms with van der Waals surface area (Å²) in [4.78, 5) is 12.0. The second kappa shape index (κ2) is 6.01. The molecule has 0 saturated heterocycles. The van der Waals surface area contributed by atoms with Crippen LogP contribution in [0, 0.1) is 11.6 Å². The number of carbonyl (C=O) groups excluding carboxylic acids is 1. The van der Waals surface area contributed by atoms with Gasteiger partial charge in [0.2, 0.25) is 0 Å². The SMILES string of the molecule is COc1ccc(C(=O)Cc2cc(Cl)ccc2F)cc1F. The van der Waals surface area contributed by atoms with E-state index in [0.717, 1.165) is 6.07 Å². The maximum atomic E-state index is 13.5. The Morgan fingerprint density at radius 2 is 1.90 bits per heavy atom.